The molecule has 1 aliphatic heterocycles. The highest BCUT2D eigenvalue weighted by atomic mass is 127. The van der Waals surface area contributed by atoms with Gasteiger partial charge in [0.15, 0.2) is 5.96 Å². The van der Waals surface area contributed by atoms with Crippen LogP contribution in [0.15, 0.2) is 29.3 Å². The topological polar surface area (TPSA) is 52.1 Å². The van der Waals surface area contributed by atoms with Crippen molar-refractivity contribution >= 4 is 29.9 Å². The molecule has 172 valence electrons. The van der Waals surface area contributed by atoms with Crippen molar-refractivity contribution in [2.24, 2.45) is 4.99 Å². The average molecular weight is 543 g/mol. The smallest absolute Gasteiger partial charge is 0.405 e. The van der Waals surface area contributed by atoms with Crippen LogP contribution in [0.1, 0.15) is 26.3 Å². The van der Waals surface area contributed by atoms with Gasteiger partial charge in [-0.1, -0.05) is 25.1 Å². The number of hydrogen-bond donors (Lipinski definition) is 2. The van der Waals surface area contributed by atoms with E-state index in [4.69, 9.17) is 0 Å². The molecule has 1 unspecified atom stereocenters. The summed E-state index contributed by atoms with van der Waals surface area (Å²) in [4.78, 5) is 9.31. The van der Waals surface area contributed by atoms with E-state index in [0.29, 0.717) is 30.7 Å². The Bertz CT molecular complexity index is 652. The summed E-state index contributed by atoms with van der Waals surface area (Å²) in [5.41, 5.74) is 0.380. The maximum absolute atomic E-state index is 12.6. The molecule has 2 rings (SSSR count). The summed E-state index contributed by atoms with van der Waals surface area (Å²) in [5, 5.41) is 6.45. The van der Waals surface area contributed by atoms with E-state index in [1.807, 2.05) is 6.92 Å². The predicted octanol–water partition coefficient (Wildman–Crippen LogP) is 3.28. The van der Waals surface area contributed by atoms with Crippen LogP contribution in [-0.2, 0) is 6.54 Å². The Morgan fingerprint density at radius 3 is 2.40 bits per heavy atom. The molecule has 10 heteroatoms. The quantitative estimate of drug-likeness (QED) is 0.300. The third-order valence-corrected chi connectivity index (χ3v) is 4.99. The van der Waals surface area contributed by atoms with Crippen LogP contribution in [0.5, 0.6) is 5.75 Å². The molecule has 1 aliphatic rings. The highest BCUT2D eigenvalue weighted by molar-refractivity contribution is 14.0. The lowest BCUT2D eigenvalue weighted by Crippen LogP contribution is -2.53. The summed E-state index contributed by atoms with van der Waals surface area (Å²) in [6.45, 7) is 13.1. The van der Waals surface area contributed by atoms with Gasteiger partial charge in [-0.25, -0.2) is 4.99 Å². The van der Waals surface area contributed by atoms with Crippen molar-refractivity contribution in [1.29, 1.82) is 0 Å². The average Bonchev–Trinajstić information content (AvgIpc) is 2.69. The van der Waals surface area contributed by atoms with Gasteiger partial charge in [-0.2, -0.15) is 0 Å². The molecule has 0 spiro atoms. The van der Waals surface area contributed by atoms with E-state index in [9.17, 15) is 13.2 Å². The van der Waals surface area contributed by atoms with Gasteiger partial charge < -0.3 is 20.3 Å². The zero-order valence-electron chi connectivity index (χ0n) is 17.8. The van der Waals surface area contributed by atoms with Gasteiger partial charge in [-0.3, -0.25) is 4.90 Å². The first-order valence-corrected chi connectivity index (χ1v) is 10.1. The van der Waals surface area contributed by atoms with Crippen molar-refractivity contribution in [1.82, 2.24) is 20.4 Å². The van der Waals surface area contributed by atoms with Gasteiger partial charge in [0.05, 0.1) is 6.54 Å². The number of halogens is 4. The van der Waals surface area contributed by atoms with Crippen molar-refractivity contribution in [3.8, 4) is 5.75 Å². The summed E-state index contributed by atoms with van der Waals surface area (Å²) >= 11 is 0. The molecule has 1 heterocycles. The van der Waals surface area contributed by atoms with Gasteiger partial charge >= 0.3 is 6.36 Å². The van der Waals surface area contributed by atoms with Crippen LogP contribution in [0.4, 0.5) is 13.2 Å². The molecule has 0 aromatic heterocycles. The third kappa shape index (κ3) is 9.25. The molecule has 0 amide bonds. The van der Waals surface area contributed by atoms with E-state index in [1.165, 1.54) is 12.1 Å². The Balaban J connectivity index is 0.00000450. The molecule has 1 atom stereocenters. The fourth-order valence-corrected chi connectivity index (χ4v) is 3.26. The van der Waals surface area contributed by atoms with E-state index in [1.54, 1.807) is 12.1 Å². The van der Waals surface area contributed by atoms with Crippen LogP contribution < -0.4 is 15.4 Å². The highest BCUT2D eigenvalue weighted by Gasteiger charge is 2.32. The minimum Gasteiger partial charge on any atom is -0.405 e. The number of nitrogens with one attached hydrogen (secondary N) is 2. The molecule has 0 bridgehead atoms. The fraction of sp³-hybridized carbons (Fsp3) is 0.650. The predicted molar refractivity (Wildman–Crippen MR) is 125 cm³/mol. The molecule has 0 aliphatic carbocycles. The summed E-state index contributed by atoms with van der Waals surface area (Å²) < 4.78 is 41.9. The summed E-state index contributed by atoms with van der Waals surface area (Å²) in [6, 6.07) is 6.41. The van der Waals surface area contributed by atoms with Gasteiger partial charge in [-0.15, -0.1) is 37.1 Å². The molecule has 6 nitrogen and oxygen atoms in total. The molecule has 1 aromatic rings. The fourth-order valence-electron chi connectivity index (χ4n) is 3.26. The normalized spacial score (nSPS) is 17.2. The number of piperazine rings is 1. The molecular weight excluding hydrogens is 510 g/mol. The lowest BCUT2D eigenvalue weighted by atomic mass is 10.2. The molecule has 0 radical (unpaired) electrons. The Kier molecular flexibility index (Phi) is 11.8. The second-order valence-electron chi connectivity index (χ2n) is 7.05. The maximum atomic E-state index is 12.6. The van der Waals surface area contributed by atoms with Crippen molar-refractivity contribution in [3.63, 3.8) is 0 Å². The Hall–Kier alpha value is -1.27. The lowest BCUT2D eigenvalue weighted by Gasteiger charge is -2.37. The van der Waals surface area contributed by atoms with E-state index >= 15 is 0 Å². The number of hydrogen-bond acceptors (Lipinski definition) is 4. The van der Waals surface area contributed by atoms with Gasteiger partial charge in [0, 0.05) is 50.9 Å². The van der Waals surface area contributed by atoms with Crippen LogP contribution in [0, 0.1) is 0 Å². The Morgan fingerprint density at radius 2 is 1.80 bits per heavy atom. The first-order valence-electron chi connectivity index (χ1n) is 10.1. The number of nitrogens with zero attached hydrogens (tertiary/aromatic N) is 3. The number of aliphatic imine (C=N–C) groups is 1. The molecule has 1 fully saturated rings. The summed E-state index contributed by atoms with van der Waals surface area (Å²) in [5.74, 6) is 0.357. The first kappa shape index (κ1) is 26.8. The van der Waals surface area contributed by atoms with Crippen LogP contribution in [0.25, 0.3) is 0 Å². The number of rotatable bonds is 8. The maximum Gasteiger partial charge on any atom is 0.573 e. The largest absolute Gasteiger partial charge is 0.573 e. The van der Waals surface area contributed by atoms with Gasteiger partial charge in [-0.05, 0) is 26.5 Å². The zero-order valence-corrected chi connectivity index (χ0v) is 20.2. The van der Waals surface area contributed by atoms with Crippen molar-refractivity contribution < 1.29 is 17.9 Å². The van der Waals surface area contributed by atoms with E-state index in [-0.39, 0.29) is 36.3 Å². The zero-order chi connectivity index (χ0) is 21.3. The number of ether oxygens (including phenoxy) is 1. The standard InChI is InChI=1S/C20H32F3N5O.HI/c1-4-24-19(25-14-16(3)28-12-10-27(5-2)11-13-28)26-15-17-8-6-7-9-18(17)29-20(21,22)23;/h6-9,16H,4-5,10-15H2,1-3H3,(H2,24,25,26);1H. The number of alkyl halides is 3. The minimum atomic E-state index is -4.72. The van der Waals surface area contributed by atoms with Crippen LogP contribution in [-0.4, -0.2) is 74.0 Å². The summed E-state index contributed by atoms with van der Waals surface area (Å²) in [6.07, 6.45) is -4.72. The summed E-state index contributed by atoms with van der Waals surface area (Å²) in [7, 11) is 0. The van der Waals surface area contributed by atoms with Crippen molar-refractivity contribution in [3.05, 3.63) is 29.8 Å². The van der Waals surface area contributed by atoms with Gasteiger partial charge in [0.2, 0.25) is 0 Å². The highest BCUT2D eigenvalue weighted by Crippen LogP contribution is 2.26. The molecule has 2 N–H and O–H groups in total. The van der Waals surface area contributed by atoms with Crippen molar-refractivity contribution in [2.45, 2.75) is 39.7 Å². The number of para-hydroxylation sites is 1. The monoisotopic (exact) mass is 543 g/mol. The first-order chi connectivity index (χ1) is 13.8. The number of benzene rings is 1. The lowest BCUT2D eigenvalue weighted by molar-refractivity contribution is -0.274. The molecule has 30 heavy (non-hydrogen) atoms. The SMILES string of the molecule is CCNC(=NCc1ccccc1OC(F)(F)F)NCC(C)N1CCN(CC)CC1.I. The second kappa shape index (κ2) is 13.2. The molecule has 1 saturated heterocycles. The number of guanidine groups is 1. The van der Waals surface area contributed by atoms with Gasteiger partial charge in [0.1, 0.15) is 5.75 Å². The Morgan fingerprint density at radius 1 is 1.13 bits per heavy atom. The Labute approximate surface area is 194 Å². The second-order valence-corrected chi connectivity index (χ2v) is 7.05. The van der Waals surface area contributed by atoms with Crippen LogP contribution in [0.3, 0.4) is 0 Å². The van der Waals surface area contributed by atoms with E-state index in [0.717, 1.165) is 32.7 Å². The molecule has 1 aromatic carbocycles. The minimum absolute atomic E-state index is 0. The number of likely N-dealkylation sites (N-methyl/N-ethyl adjacent to an activating group) is 1. The van der Waals surface area contributed by atoms with Gasteiger partial charge in [0.25, 0.3) is 0 Å². The third-order valence-electron chi connectivity index (χ3n) is 4.99. The van der Waals surface area contributed by atoms with Crippen molar-refractivity contribution in [2.75, 3.05) is 45.8 Å². The molecular formula is C20H33F3IN5O. The van der Waals surface area contributed by atoms with Crippen LogP contribution >= 0.6 is 24.0 Å². The van der Waals surface area contributed by atoms with Crippen LogP contribution in [0.2, 0.25) is 0 Å². The van der Waals surface area contributed by atoms with E-state index < -0.39 is 6.36 Å². The molecule has 0 saturated carbocycles. The van der Waals surface area contributed by atoms with E-state index in [2.05, 4.69) is 44.0 Å².